The molecule has 2 rings (SSSR count). The van der Waals surface area contributed by atoms with Crippen molar-refractivity contribution in [2.45, 2.75) is 25.8 Å². The van der Waals surface area contributed by atoms with Crippen molar-refractivity contribution in [2.75, 3.05) is 0 Å². The zero-order chi connectivity index (χ0) is 16.3. The Morgan fingerprint density at radius 1 is 1.45 bits per heavy atom. The van der Waals surface area contributed by atoms with Gasteiger partial charge in [0.1, 0.15) is 10.4 Å². The molecule has 1 aromatic carbocycles. The van der Waals surface area contributed by atoms with Crippen molar-refractivity contribution in [1.82, 2.24) is 4.90 Å². The molecule has 1 aromatic rings. The van der Waals surface area contributed by atoms with E-state index < -0.39 is 12.0 Å². The van der Waals surface area contributed by atoms with Crippen molar-refractivity contribution in [1.29, 1.82) is 0 Å². The van der Waals surface area contributed by atoms with Crippen LogP contribution >= 0.6 is 35.6 Å². The summed E-state index contributed by atoms with van der Waals surface area (Å²) in [5.41, 5.74) is 0.812. The lowest BCUT2D eigenvalue weighted by molar-refractivity contribution is -0.145. The van der Waals surface area contributed by atoms with E-state index in [4.69, 9.17) is 23.8 Å². The number of nitrogens with zero attached hydrogens (tertiary/aromatic N) is 1. The van der Waals surface area contributed by atoms with Gasteiger partial charge in [-0.3, -0.25) is 9.69 Å². The monoisotopic (exact) mass is 355 g/mol. The maximum absolute atomic E-state index is 12.5. The number of halogens is 1. The van der Waals surface area contributed by atoms with Crippen LogP contribution < -0.4 is 0 Å². The summed E-state index contributed by atoms with van der Waals surface area (Å²) in [6, 6.07) is 6.12. The van der Waals surface area contributed by atoms with Crippen LogP contribution in [0.3, 0.4) is 0 Å². The van der Waals surface area contributed by atoms with Crippen molar-refractivity contribution < 1.29 is 14.7 Å². The van der Waals surface area contributed by atoms with Gasteiger partial charge >= 0.3 is 5.97 Å². The minimum atomic E-state index is -1.04. The van der Waals surface area contributed by atoms with Crippen LogP contribution in [0, 0.1) is 0 Å². The standard InChI is InChI=1S/C15H14ClNO3S2/c1-2-3-11(14(19)20)17-13(18)12(22-15(17)21)8-9-4-6-10(16)7-5-9/h4-8,11H,2-3H2,1H3,(H,19,20)/b12-8-. The topological polar surface area (TPSA) is 57.6 Å². The van der Waals surface area contributed by atoms with Gasteiger partial charge in [0.25, 0.3) is 5.91 Å². The molecule has 1 aliphatic heterocycles. The quantitative estimate of drug-likeness (QED) is 0.643. The summed E-state index contributed by atoms with van der Waals surface area (Å²) in [4.78, 5) is 25.5. The number of carboxylic acid groups (broad SMARTS) is 1. The number of thioether (sulfide) groups is 1. The Morgan fingerprint density at radius 3 is 2.64 bits per heavy atom. The van der Waals surface area contributed by atoms with E-state index in [1.54, 1.807) is 30.3 Å². The number of carbonyl (C=O) groups is 2. The van der Waals surface area contributed by atoms with Crippen LogP contribution in [0.2, 0.25) is 5.02 Å². The molecule has 116 valence electrons. The number of hydrogen-bond acceptors (Lipinski definition) is 4. The predicted octanol–water partition coefficient (Wildman–Crippen LogP) is 3.79. The lowest BCUT2D eigenvalue weighted by Crippen LogP contribution is -2.43. The molecule has 1 atom stereocenters. The van der Waals surface area contributed by atoms with Crippen molar-refractivity contribution >= 4 is 57.9 Å². The van der Waals surface area contributed by atoms with E-state index in [-0.39, 0.29) is 10.2 Å². The Balaban J connectivity index is 2.27. The summed E-state index contributed by atoms with van der Waals surface area (Å²) in [6.07, 6.45) is 2.72. The summed E-state index contributed by atoms with van der Waals surface area (Å²) in [6.45, 7) is 1.87. The Morgan fingerprint density at radius 2 is 2.09 bits per heavy atom. The Kier molecular flexibility index (Phi) is 5.61. The van der Waals surface area contributed by atoms with Gasteiger partial charge in [-0.25, -0.2) is 4.79 Å². The zero-order valence-corrected chi connectivity index (χ0v) is 14.2. The third-order valence-electron chi connectivity index (χ3n) is 3.15. The fraction of sp³-hybridized carbons (Fsp3) is 0.267. The molecule has 7 heteroatoms. The van der Waals surface area contributed by atoms with Gasteiger partial charge in [-0.1, -0.05) is 61.1 Å². The average Bonchev–Trinajstić information content (AvgIpc) is 2.73. The molecule has 4 nitrogen and oxygen atoms in total. The summed E-state index contributed by atoms with van der Waals surface area (Å²) in [7, 11) is 0. The second-order valence-electron chi connectivity index (χ2n) is 4.75. The molecule has 0 saturated carbocycles. The first-order valence-electron chi connectivity index (χ1n) is 6.69. The minimum Gasteiger partial charge on any atom is -0.480 e. The van der Waals surface area contributed by atoms with Gasteiger partial charge in [-0.15, -0.1) is 0 Å². The zero-order valence-electron chi connectivity index (χ0n) is 11.8. The third-order valence-corrected chi connectivity index (χ3v) is 4.73. The Bertz CT molecular complexity index is 643. The highest BCUT2D eigenvalue weighted by Crippen LogP contribution is 2.35. The fourth-order valence-corrected chi connectivity index (χ4v) is 3.58. The molecule has 1 N–H and O–H groups in total. The summed E-state index contributed by atoms with van der Waals surface area (Å²) in [5, 5.41) is 9.92. The van der Waals surface area contributed by atoms with E-state index in [1.807, 2.05) is 6.92 Å². The SMILES string of the molecule is CCCC(C(=O)O)N1C(=O)/C(=C/c2ccc(Cl)cc2)SC1=S. The van der Waals surface area contributed by atoms with E-state index >= 15 is 0 Å². The van der Waals surface area contributed by atoms with Gasteiger partial charge in [0.15, 0.2) is 0 Å². The molecule has 1 heterocycles. The predicted molar refractivity (Wildman–Crippen MR) is 92.8 cm³/mol. The van der Waals surface area contributed by atoms with Crippen LogP contribution in [-0.2, 0) is 9.59 Å². The maximum Gasteiger partial charge on any atom is 0.326 e. The number of rotatable bonds is 5. The molecular weight excluding hydrogens is 342 g/mol. The van der Waals surface area contributed by atoms with Gasteiger partial charge in [0.2, 0.25) is 0 Å². The van der Waals surface area contributed by atoms with Crippen LogP contribution in [0.4, 0.5) is 0 Å². The van der Waals surface area contributed by atoms with Gasteiger partial charge in [-0.05, 0) is 30.2 Å². The average molecular weight is 356 g/mol. The van der Waals surface area contributed by atoms with E-state index in [9.17, 15) is 14.7 Å². The van der Waals surface area contributed by atoms with Crippen LogP contribution in [0.25, 0.3) is 6.08 Å². The Hall–Kier alpha value is -1.37. The number of amides is 1. The first-order valence-corrected chi connectivity index (χ1v) is 8.29. The van der Waals surface area contributed by atoms with Crippen molar-refractivity contribution in [3.05, 3.63) is 39.8 Å². The second-order valence-corrected chi connectivity index (χ2v) is 6.86. The lowest BCUT2D eigenvalue weighted by atomic mass is 10.1. The molecule has 22 heavy (non-hydrogen) atoms. The van der Waals surface area contributed by atoms with E-state index in [2.05, 4.69) is 0 Å². The second kappa shape index (κ2) is 7.26. The molecule has 0 bridgehead atoms. The molecule has 1 saturated heterocycles. The van der Waals surface area contributed by atoms with Crippen LogP contribution in [-0.4, -0.2) is 32.2 Å². The van der Waals surface area contributed by atoms with Crippen molar-refractivity contribution in [2.24, 2.45) is 0 Å². The molecule has 1 fully saturated rings. The highest BCUT2D eigenvalue weighted by molar-refractivity contribution is 8.26. The van der Waals surface area contributed by atoms with Crippen molar-refractivity contribution in [3.63, 3.8) is 0 Å². The van der Waals surface area contributed by atoms with Gasteiger partial charge in [-0.2, -0.15) is 0 Å². The maximum atomic E-state index is 12.5. The third kappa shape index (κ3) is 3.69. The van der Waals surface area contributed by atoms with Crippen molar-refractivity contribution in [3.8, 4) is 0 Å². The smallest absolute Gasteiger partial charge is 0.326 e. The van der Waals surface area contributed by atoms with Crippen LogP contribution in [0.1, 0.15) is 25.3 Å². The molecule has 0 spiro atoms. The van der Waals surface area contributed by atoms with Gasteiger partial charge < -0.3 is 5.11 Å². The lowest BCUT2D eigenvalue weighted by Gasteiger charge is -2.22. The largest absolute Gasteiger partial charge is 0.480 e. The summed E-state index contributed by atoms with van der Waals surface area (Å²) < 4.78 is 0.283. The highest BCUT2D eigenvalue weighted by atomic mass is 35.5. The summed E-state index contributed by atoms with van der Waals surface area (Å²) in [5.74, 6) is -1.39. The van der Waals surface area contributed by atoms with Gasteiger partial charge in [0.05, 0.1) is 4.91 Å². The number of carboxylic acids is 1. The Labute approximate surface area is 143 Å². The van der Waals surface area contributed by atoms with E-state index in [0.717, 1.165) is 17.3 Å². The van der Waals surface area contributed by atoms with E-state index in [0.29, 0.717) is 22.8 Å². The molecule has 1 unspecified atom stereocenters. The molecular formula is C15H14ClNO3S2. The number of carbonyl (C=O) groups excluding carboxylic acids is 1. The molecule has 0 aromatic heterocycles. The first kappa shape index (κ1) is 17.0. The number of thiocarbonyl (C=S) groups is 1. The number of hydrogen-bond donors (Lipinski definition) is 1. The fourth-order valence-electron chi connectivity index (χ4n) is 2.10. The minimum absolute atomic E-state index is 0.283. The first-order chi connectivity index (χ1) is 10.4. The highest BCUT2D eigenvalue weighted by Gasteiger charge is 2.39. The van der Waals surface area contributed by atoms with Crippen LogP contribution in [0.5, 0.6) is 0 Å². The van der Waals surface area contributed by atoms with Gasteiger partial charge in [0, 0.05) is 5.02 Å². The molecule has 1 aliphatic rings. The number of aliphatic carboxylic acids is 1. The number of benzene rings is 1. The molecule has 0 aliphatic carbocycles. The summed E-state index contributed by atoms with van der Waals surface area (Å²) >= 11 is 12.1. The van der Waals surface area contributed by atoms with Crippen LogP contribution in [0.15, 0.2) is 29.2 Å². The molecule has 1 amide bonds. The van der Waals surface area contributed by atoms with E-state index in [1.165, 1.54) is 4.90 Å². The molecule has 0 radical (unpaired) electrons. The normalized spacial score (nSPS) is 18.1.